The van der Waals surface area contributed by atoms with Crippen molar-refractivity contribution >= 4 is 10.9 Å². The number of hydrogen-bond acceptors (Lipinski definition) is 5. The van der Waals surface area contributed by atoms with Crippen molar-refractivity contribution in [2.24, 2.45) is 0 Å². The SMILES string of the molecule is N#Cc1cc2cncnc2cc1-c1cc(O)ccc1OC(F)(F)F. The molecule has 1 aromatic heterocycles. The van der Waals surface area contributed by atoms with Gasteiger partial charge in [-0.05, 0) is 30.3 Å². The van der Waals surface area contributed by atoms with Crippen molar-refractivity contribution in [3.8, 4) is 28.7 Å². The lowest BCUT2D eigenvalue weighted by Gasteiger charge is -2.15. The number of ether oxygens (including phenoxy) is 1. The van der Waals surface area contributed by atoms with Gasteiger partial charge in [0.25, 0.3) is 0 Å². The highest BCUT2D eigenvalue weighted by Crippen LogP contribution is 2.38. The molecule has 2 aromatic carbocycles. The molecular weight excluding hydrogens is 323 g/mol. The van der Waals surface area contributed by atoms with Gasteiger partial charge in [-0.15, -0.1) is 13.2 Å². The molecule has 3 rings (SSSR count). The van der Waals surface area contributed by atoms with Crippen molar-refractivity contribution in [3.05, 3.63) is 48.4 Å². The second-order valence-electron chi connectivity index (χ2n) is 4.82. The van der Waals surface area contributed by atoms with E-state index in [2.05, 4.69) is 14.7 Å². The number of aromatic nitrogens is 2. The van der Waals surface area contributed by atoms with Crippen LogP contribution in [0.1, 0.15) is 5.56 Å². The van der Waals surface area contributed by atoms with Crippen LogP contribution in [-0.4, -0.2) is 21.4 Å². The molecule has 120 valence electrons. The van der Waals surface area contributed by atoms with Gasteiger partial charge in [0.1, 0.15) is 17.8 Å². The van der Waals surface area contributed by atoms with E-state index in [1.807, 2.05) is 6.07 Å². The molecule has 0 saturated heterocycles. The minimum Gasteiger partial charge on any atom is -0.508 e. The van der Waals surface area contributed by atoms with Gasteiger partial charge < -0.3 is 9.84 Å². The highest BCUT2D eigenvalue weighted by molar-refractivity contribution is 5.89. The Kier molecular flexibility index (Phi) is 3.69. The number of phenolic OH excluding ortho intramolecular Hbond substituents is 1. The van der Waals surface area contributed by atoms with Crippen LogP contribution in [0.25, 0.3) is 22.0 Å². The zero-order valence-corrected chi connectivity index (χ0v) is 11.9. The summed E-state index contributed by atoms with van der Waals surface area (Å²) in [6.45, 7) is 0. The average molecular weight is 331 g/mol. The molecule has 0 atom stereocenters. The highest BCUT2D eigenvalue weighted by Gasteiger charge is 2.32. The van der Waals surface area contributed by atoms with Crippen LogP contribution in [0, 0.1) is 11.3 Å². The zero-order chi connectivity index (χ0) is 17.3. The summed E-state index contributed by atoms with van der Waals surface area (Å²) >= 11 is 0. The molecule has 5 nitrogen and oxygen atoms in total. The van der Waals surface area contributed by atoms with Gasteiger partial charge in [0.05, 0.1) is 17.1 Å². The number of benzene rings is 2. The van der Waals surface area contributed by atoms with Crippen molar-refractivity contribution in [1.29, 1.82) is 5.26 Å². The molecule has 1 N–H and O–H groups in total. The Labute approximate surface area is 133 Å². The van der Waals surface area contributed by atoms with Crippen LogP contribution in [0.3, 0.4) is 0 Å². The third-order valence-electron chi connectivity index (χ3n) is 3.24. The Balaban J connectivity index is 2.27. The molecular formula is C16H8F3N3O2. The van der Waals surface area contributed by atoms with Crippen LogP contribution in [0.2, 0.25) is 0 Å². The van der Waals surface area contributed by atoms with Crippen molar-refractivity contribution < 1.29 is 23.0 Å². The first kappa shape index (κ1) is 15.6. The standard InChI is InChI=1S/C16H8F3N3O2/c17-16(18,19)24-15-2-1-11(23)4-13(15)12-5-14-10(3-9(12)6-20)7-21-8-22-14/h1-5,7-8,23H. The van der Waals surface area contributed by atoms with Gasteiger partial charge in [-0.25, -0.2) is 9.97 Å². The predicted molar refractivity (Wildman–Crippen MR) is 78.0 cm³/mol. The topological polar surface area (TPSA) is 79.0 Å². The third-order valence-corrected chi connectivity index (χ3v) is 3.24. The fourth-order valence-electron chi connectivity index (χ4n) is 2.29. The molecule has 1 heterocycles. The predicted octanol–water partition coefficient (Wildman–Crippen LogP) is 3.77. The summed E-state index contributed by atoms with van der Waals surface area (Å²) in [6, 6.07) is 8.00. The number of rotatable bonds is 2. The first-order chi connectivity index (χ1) is 11.4. The van der Waals surface area contributed by atoms with Gasteiger partial charge >= 0.3 is 6.36 Å². The minimum atomic E-state index is -4.91. The van der Waals surface area contributed by atoms with Crippen molar-refractivity contribution in [3.63, 3.8) is 0 Å². The summed E-state index contributed by atoms with van der Waals surface area (Å²) in [4.78, 5) is 7.86. The quantitative estimate of drug-likeness (QED) is 0.773. The van der Waals surface area contributed by atoms with E-state index in [0.717, 1.165) is 18.2 Å². The van der Waals surface area contributed by atoms with E-state index < -0.39 is 12.1 Å². The maximum absolute atomic E-state index is 12.6. The molecule has 0 amide bonds. The highest BCUT2D eigenvalue weighted by atomic mass is 19.4. The Morgan fingerprint density at radius 2 is 1.92 bits per heavy atom. The Morgan fingerprint density at radius 3 is 2.62 bits per heavy atom. The number of aromatic hydroxyl groups is 1. The van der Waals surface area contributed by atoms with Gasteiger partial charge in [-0.3, -0.25) is 0 Å². The average Bonchev–Trinajstić information content (AvgIpc) is 2.54. The molecule has 3 aromatic rings. The van der Waals surface area contributed by atoms with Crippen LogP contribution < -0.4 is 4.74 Å². The summed E-state index contributed by atoms with van der Waals surface area (Å²) in [6.07, 6.45) is -2.13. The second-order valence-corrected chi connectivity index (χ2v) is 4.82. The first-order valence-electron chi connectivity index (χ1n) is 6.60. The van der Waals surface area contributed by atoms with Crippen LogP contribution in [0.5, 0.6) is 11.5 Å². The van der Waals surface area contributed by atoms with E-state index in [9.17, 15) is 23.5 Å². The molecule has 0 radical (unpaired) electrons. The molecule has 24 heavy (non-hydrogen) atoms. The van der Waals surface area contributed by atoms with Crippen LogP contribution in [-0.2, 0) is 0 Å². The fraction of sp³-hybridized carbons (Fsp3) is 0.0625. The maximum Gasteiger partial charge on any atom is 0.573 e. The monoisotopic (exact) mass is 331 g/mol. The number of halogens is 3. The number of alkyl halides is 3. The minimum absolute atomic E-state index is 0.0654. The Morgan fingerprint density at radius 1 is 1.12 bits per heavy atom. The number of hydrogen-bond donors (Lipinski definition) is 1. The fourth-order valence-corrected chi connectivity index (χ4v) is 2.29. The molecule has 0 unspecified atom stereocenters. The molecule has 0 aliphatic rings. The van der Waals surface area contributed by atoms with E-state index >= 15 is 0 Å². The second kappa shape index (κ2) is 5.70. The lowest BCUT2D eigenvalue weighted by Crippen LogP contribution is -2.17. The van der Waals surface area contributed by atoms with Crippen molar-refractivity contribution in [2.45, 2.75) is 6.36 Å². The van der Waals surface area contributed by atoms with Crippen LogP contribution in [0.15, 0.2) is 42.9 Å². The van der Waals surface area contributed by atoms with Crippen molar-refractivity contribution in [1.82, 2.24) is 9.97 Å². The summed E-state index contributed by atoms with van der Waals surface area (Å²) < 4.78 is 41.8. The van der Waals surface area contributed by atoms with Gasteiger partial charge in [-0.1, -0.05) is 0 Å². The van der Waals surface area contributed by atoms with E-state index in [-0.39, 0.29) is 22.4 Å². The summed E-state index contributed by atoms with van der Waals surface area (Å²) in [5.41, 5.74) is 0.651. The van der Waals surface area contributed by atoms with E-state index in [4.69, 9.17) is 0 Å². The number of nitriles is 1. The molecule has 0 fully saturated rings. The van der Waals surface area contributed by atoms with E-state index in [1.165, 1.54) is 24.7 Å². The van der Waals surface area contributed by atoms with E-state index in [0.29, 0.717) is 10.9 Å². The first-order valence-corrected chi connectivity index (χ1v) is 6.60. The lowest BCUT2D eigenvalue weighted by molar-refractivity contribution is -0.274. The lowest BCUT2D eigenvalue weighted by atomic mass is 9.97. The maximum atomic E-state index is 12.6. The molecule has 0 aliphatic carbocycles. The summed E-state index contributed by atoms with van der Waals surface area (Å²) in [5.74, 6) is -0.781. The molecule has 0 bridgehead atoms. The Hall–Kier alpha value is -3.34. The molecule has 0 saturated carbocycles. The zero-order valence-electron chi connectivity index (χ0n) is 11.9. The molecule has 0 aliphatic heterocycles. The largest absolute Gasteiger partial charge is 0.573 e. The van der Waals surface area contributed by atoms with Gasteiger partial charge in [0.15, 0.2) is 0 Å². The third kappa shape index (κ3) is 3.05. The van der Waals surface area contributed by atoms with Crippen molar-refractivity contribution in [2.75, 3.05) is 0 Å². The molecule has 0 spiro atoms. The van der Waals surface area contributed by atoms with Gasteiger partial charge in [0.2, 0.25) is 0 Å². The number of fused-ring (bicyclic) bond motifs is 1. The Bertz CT molecular complexity index is 965. The number of nitrogens with zero attached hydrogens (tertiary/aromatic N) is 3. The summed E-state index contributed by atoms with van der Waals surface area (Å²) in [7, 11) is 0. The van der Waals surface area contributed by atoms with Gasteiger partial charge in [-0.2, -0.15) is 5.26 Å². The molecule has 8 heteroatoms. The van der Waals surface area contributed by atoms with Gasteiger partial charge in [0, 0.05) is 22.7 Å². The van der Waals surface area contributed by atoms with Crippen LogP contribution >= 0.6 is 0 Å². The number of phenols is 1. The van der Waals surface area contributed by atoms with E-state index in [1.54, 1.807) is 0 Å². The summed E-state index contributed by atoms with van der Waals surface area (Å²) in [5, 5.41) is 19.5. The smallest absolute Gasteiger partial charge is 0.508 e. The normalized spacial score (nSPS) is 11.2. The van der Waals surface area contributed by atoms with Crippen LogP contribution in [0.4, 0.5) is 13.2 Å².